The standard InChI is InChI=1S/C28H34N4O3/c1-6-35-25(33)23-9-11-28(34,17-27(23,4)5)24-8-7-20(16-30-24)21-13-18(2)14-22(15-21)32-26-29-12-10-19(3)31-26/h7-8,10,12-16,23,34H,6,9,11,17H2,1-5H3,(H,29,31,32). The molecule has 2 aromatic heterocycles. The average Bonchev–Trinajstić information content (AvgIpc) is 2.78. The number of aryl methyl sites for hydroxylation is 2. The molecule has 0 radical (unpaired) electrons. The van der Waals surface area contributed by atoms with E-state index in [4.69, 9.17) is 4.74 Å². The summed E-state index contributed by atoms with van der Waals surface area (Å²) in [6.07, 6.45) is 5.03. The lowest BCUT2D eigenvalue weighted by Crippen LogP contribution is -2.45. The van der Waals surface area contributed by atoms with Crippen molar-refractivity contribution in [1.29, 1.82) is 0 Å². The SMILES string of the molecule is CCOC(=O)C1CCC(O)(c2ccc(-c3cc(C)cc(Nc4nccc(C)n4)c3)cn2)CC1(C)C. The summed E-state index contributed by atoms with van der Waals surface area (Å²) in [6.45, 7) is 10.2. The number of nitrogens with zero attached hydrogens (tertiary/aromatic N) is 3. The zero-order valence-corrected chi connectivity index (χ0v) is 21.1. The average molecular weight is 475 g/mol. The molecule has 0 bridgehead atoms. The Kier molecular flexibility index (Phi) is 6.90. The molecule has 2 unspecified atom stereocenters. The number of aliphatic hydroxyl groups is 1. The minimum absolute atomic E-state index is 0.178. The maximum atomic E-state index is 12.4. The Hall–Kier alpha value is -3.32. The van der Waals surface area contributed by atoms with Gasteiger partial charge in [-0.3, -0.25) is 9.78 Å². The summed E-state index contributed by atoms with van der Waals surface area (Å²) in [5.74, 6) is 0.152. The van der Waals surface area contributed by atoms with Crippen LogP contribution < -0.4 is 5.32 Å². The van der Waals surface area contributed by atoms with E-state index in [1.807, 2.05) is 65.0 Å². The van der Waals surface area contributed by atoms with Crippen LogP contribution in [0.15, 0.2) is 48.8 Å². The summed E-state index contributed by atoms with van der Waals surface area (Å²) >= 11 is 0. The molecule has 0 spiro atoms. The fourth-order valence-electron chi connectivity index (χ4n) is 5.14. The van der Waals surface area contributed by atoms with Crippen LogP contribution in [0.4, 0.5) is 11.6 Å². The lowest BCUT2D eigenvalue weighted by molar-refractivity contribution is -0.160. The molecule has 2 N–H and O–H groups in total. The summed E-state index contributed by atoms with van der Waals surface area (Å²) in [5.41, 5.74) is 4.02. The number of rotatable bonds is 6. The second-order valence-electron chi connectivity index (χ2n) is 10.2. The number of hydrogen-bond donors (Lipinski definition) is 2. The smallest absolute Gasteiger partial charge is 0.309 e. The van der Waals surface area contributed by atoms with E-state index in [-0.39, 0.29) is 11.9 Å². The summed E-state index contributed by atoms with van der Waals surface area (Å²) < 4.78 is 5.27. The summed E-state index contributed by atoms with van der Waals surface area (Å²) in [4.78, 5) is 25.8. The Morgan fingerprint density at radius 2 is 1.94 bits per heavy atom. The molecular weight excluding hydrogens is 440 g/mol. The largest absolute Gasteiger partial charge is 0.466 e. The number of carbonyl (C=O) groups excluding carboxylic acids is 1. The number of anilines is 2. The molecule has 7 heteroatoms. The van der Waals surface area contributed by atoms with Crippen molar-refractivity contribution in [2.45, 2.75) is 59.5 Å². The van der Waals surface area contributed by atoms with Crippen molar-refractivity contribution in [2.75, 3.05) is 11.9 Å². The third-order valence-corrected chi connectivity index (χ3v) is 6.81. The molecular formula is C28H34N4O3. The van der Waals surface area contributed by atoms with Crippen LogP contribution in [-0.4, -0.2) is 32.6 Å². The topological polar surface area (TPSA) is 97.2 Å². The molecule has 0 saturated heterocycles. The number of hydrogen-bond acceptors (Lipinski definition) is 7. The molecule has 1 saturated carbocycles. The highest BCUT2D eigenvalue weighted by Gasteiger charge is 2.49. The first-order valence-electron chi connectivity index (χ1n) is 12.1. The third kappa shape index (κ3) is 5.51. The Bertz CT molecular complexity index is 1210. The second kappa shape index (κ2) is 9.74. The first-order valence-corrected chi connectivity index (χ1v) is 12.1. The maximum absolute atomic E-state index is 12.4. The van der Waals surface area contributed by atoms with E-state index in [1.54, 1.807) is 12.4 Å². The van der Waals surface area contributed by atoms with Gasteiger partial charge >= 0.3 is 5.97 Å². The molecule has 184 valence electrons. The highest BCUT2D eigenvalue weighted by atomic mass is 16.5. The van der Waals surface area contributed by atoms with E-state index in [1.165, 1.54) is 0 Å². The van der Waals surface area contributed by atoms with Gasteiger partial charge in [-0.05, 0) is 80.8 Å². The van der Waals surface area contributed by atoms with Gasteiger partial charge in [-0.25, -0.2) is 9.97 Å². The van der Waals surface area contributed by atoms with Gasteiger partial charge in [0.2, 0.25) is 5.95 Å². The molecule has 0 amide bonds. The van der Waals surface area contributed by atoms with Crippen LogP contribution in [-0.2, 0) is 15.1 Å². The zero-order valence-electron chi connectivity index (χ0n) is 21.1. The fraction of sp³-hybridized carbons (Fsp3) is 0.429. The molecule has 0 aliphatic heterocycles. The van der Waals surface area contributed by atoms with Crippen LogP contribution in [0.2, 0.25) is 0 Å². The van der Waals surface area contributed by atoms with Gasteiger partial charge in [-0.1, -0.05) is 26.0 Å². The Morgan fingerprint density at radius 3 is 2.60 bits per heavy atom. The van der Waals surface area contributed by atoms with Crippen LogP contribution in [0, 0.1) is 25.2 Å². The molecule has 3 aromatic rings. The summed E-state index contributed by atoms with van der Waals surface area (Å²) in [5, 5.41) is 14.8. The molecule has 1 aliphatic carbocycles. The van der Waals surface area contributed by atoms with E-state index in [0.717, 1.165) is 28.1 Å². The predicted octanol–water partition coefficient (Wildman–Crippen LogP) is 5.48. The normalized spacial score (nSPS) is 21.4. The number of ether oxygens (including phenoxy) is 1. The Balaban J connectivity index is 1.54. The molecule has 1 aromatic carbocycles. The van der Waals surface area contributed by atoms with E-state index >= 15 is 0 Å². The van der Waals surface area contributed by atoms with Crippen molar-refractivity contribution in [3.63, 3.8) is 0 Å². The van der Waals surface area contributed by atoms with Gasteiger partial charge in [0.05, 0.1) is 18.2 Å². The van der Waals surface area contributed by atoms with Gasteiger partial charge in [0.1, 0.15) is 5.60 Å². The van der Waals surface area contributed by atoms with Gasteiger partial charge in [0.15, 0.2) is 0 Å². The lowest BCUT2D eigenvalue weighted by Gasteiger charge is -2.45. The Morgan fingerprint density at radius 1 is 1.14 bits per heavy atom. The van der Waals surface area contributed by atoms with E-state index in [2.05, 4.69) is 26.3 Å². The quantitative estimate of drug-likeness (QED) is 0.457. The van der Waals surface area contributed by atoms with E-state index < -0.39 is 11.0 Å². The van der Waals surface area contributed by atoms with Crippen molar-refractivity contribution in [3.05, 3.63) is 65.7 Å². The number of pyridine rings is 1. The van der Waals surface area contributed by atoms with Crippen LogP contribution in [0.25, 0.3) is 11.1 Å². The van der Waals surface area contributed by atoms with Crippen molar-refractivity contribution in [2.24, 2.45) is 11.3 Å². The summed E-state index contributed by atoms with van der Waals surface area (Å²) in [6, 6.07) is 11.9. The van der Waals surface area contributed by atoms with Gasteiger partial charge in [0.25, 0.3) is 0 Å². The highest BCUT2D eigenvalue weighted by Crippen LogP contribution is 2.49. The van der Waals surface area contributed by atoms with E-state index in [0.29, 0.717) is 37.5 Å². The predicted molar refractivity (Wildman–Crippen MR) is 136 cm³/mol. The number of benzene rings is 1. The van der Waals surface area contributed by atoms with Gasteiger partial charge < -0.3 is 15.2 Å². The molecule has 1 aliphatic rings. The first-order chi connectivity index (χ1) is 16.6. The zero-order chi connectivity index (χ0) is 25.2. The summed E-state index contributed by atoms with van der Waals surface area (Å²) in [7, 11) is 0. The monoisotopic (exact) mass is 474 g/mol. The number of nitrogens with one attached hydrogen (secondary N) is 1. The second-order valence-corrected chi connectivity index (χ2v) is 10.2. The van der Waals surface area contributed by atoms with Gasteiger partial charge in [0, 0.05) is 29.3 Å². The number of aromatic nitrogens is 3. The molecule has 2 heterocycles. The lowest BCUT2D eigenvalue weighted by atomic mass is 9.62. The highest BCUT2D eigenvalue weighted by molar-refractivity contribution is 5.73. The van der Waals surface area contributed by atoms with Crippen LogP contribution in [0.3, 0.4) is 0 Å². The number of carbonyl (C=O) groups is 1. The van der Waals surface area contributed by atoms with Crippen LogP contribution in [0.5, 0.6) is 0 Å². The van der Waals surface area contributed by atoms with E-state index in [9.17, 15) is 9.90 Å². The minimum atomic E-state index is -1.08. The van der Waals surface area contributed by atoms with Gasteiger partial charge in [-0.2, -0.15) is 0 Å². The fourth-order valence-corrected chi connectivity index (χ4v) is 5.14. The molecule has 4 rings (SSSR count). The first kappa shape index (κ1) is 24.8. The molecule has 35 heavy (non-hydrogen) atoms. The van der Waals surface area contributed by atoms with Crippen molar-refractivity contribution in [3.8, 4) is 11.1 Å². The Labute approximate surface area is 207 Å². The molecule has 2 atom stereocenters. The maximum Gasteiger partial charge on any atom is 0.309 e. The molecule has 7 nitrogen and oxygen atoms in total. The van der Waals surface area contributed by atoms with Crippen LogP contribution >= 0.6 is 0 Å². The molecule has 1 fully saturated rings. The van der Waals surface area contributed by atoms with Crippen molar-refractivity contribution < 1.29 is 14.6 Å². The van der Waals surface area contributed by atoms with Crippen molar-refractivity contribution in [1.82, 2.24) is 15.0 Å². The number of esters is 1. The minimum Gasteiger partial charge on any atom is -0.466 e. The van der Waals surface area contributed by atoms with Crippen LogP contribution in [0.1, 0.15) is 57.0 Å². The van der Waals surface area contributed by atoms with Gasteiger partial charge in [-0.15, -0.1) is 0 Å². The third-order valence-electron chi connectivity index (χ3n) is 6.81. The van der Waals surface area contributed by atoms with Crippen molar-refractivity contribution >= 4 is 17.6 Å².